The Morgan fingerprint density at radius 2 is 1.64 bits per heavy atom. The van der Waals surface area contributed by atoms with Crippen molar-refractivity contribution in [3.05, 3.63) is 17.7 Å². The van der Waals surface area contributed by atoms with E-state index in [2.05, 4.69) is 0 Å². The van der Waals surface area contributed by atoms with E-state index < -0.39 is 28.3 Å². The summed E-state index contributed by atoms with van der Waals surface area (Å²) in [5.74, 6) is -1.45. The fraction of sp³-hybridized carbons (Fsp3) is 0.250. The summed E-state index contributed by atoms with van der Waals surface area (Å²) in [6.07, 6.45) is 0.241. The molecule has 0 radical (unpaired) electrons. The van der Waals surface area contributed by atoms with E-state index >= 15 is 0 Å². The van der Waals surface area contributed by atoms with E-state index in [1.807, 2.05) is 0 Å². The normalized spacial score (nSPS) is 12.6. The van der Waals surface area contributed by atoms with Gasteiger partial charge in [0, 0.05) is 0 Å². The first kappa shape index (κ1) is 10.8. The van der Waals surface area contributed by atoms with Crippen LogP contribution in [0.25, 0.3) is 0 Å². The van der Waals surface area contributed by atoms with Crippen LogP contribution in [0.4, 0.5) is 0 Å². The van der Waals surface area contributed by atoms with E-state index in [0.717, 1.165) is 0 Å². The predicted octanol–water partition coefficient (Wildman–Crippen LogP) is 0.568. The summed E-state index contributed by atoms with van der Waals surface area (Å²) in [5, 5.41) is 27.2. The molecule has 6 heteroatoms. The van der Waals surface area contributed by atoms with Crippen molar-refractivity contribution >= 4 is 11.1 Å². The van der Waals surface area contributed by atoms with E-state index in [1.165, 1.54) is 12.1 Å². The first-order chi connectivity index (χ1) is 6.50. The second kappa shape index (κ2) is 4.30. The molecule has 5 nitrogen and oxygen atoms in total. The third-order valence-electron chi connectivity index (χ3n) is 1.69. The minimum atomic E-state index is -1.91. The first-order valence-corrected chi connectivity index (χ1v) is 5.09. The first-order valence-electron chi connectivity index (χ1n) is 3.82. The van der Waals surface area contributed by atoms with Gasteiger partial charge in [-0.1, -0.05) is 0 Å². The molecule has 4 N–H and O–H groups in total. The van der Waals surface area contributed by atoms with Crippen molar-refractivity contribution in [1.82, 2.24) is 0 Å². The maximum atomic E-state index is 10.3. The molecule has 0 heterocycles. The Bertz CT molecular complexity index is 340. The van der Waals surface area contributed by atoms with Gasteiger partial charge >= 0.3 is 0 Å². The van der Waals surface area contributed by atoms with Crippen LogP contribution in [0.1, 0.15) is 5.56 Å². The van der Waals surface area contributed by atoms with Crippen LogP contribution >= 0.6 is 0 Å². The monoisotopic (exact) mass is 218 g/mol. The summed E-state index contributed by atoms with van der Waals surface area (Å²) >= 11 is -1.91. The molecule has 1 aromatic rings. The third kappa shape index (κ3) is 2.61. The van der Waals surface area contributed by atoms with E-state index in [0.29, 0.717) is 5.56 Å². The fourth-order valence-electron chi connectivity index (χ4n) is 1.01. The lowest BCUT2D eigenvalue weighted by atomic mass is 10.1. The molecular formula is C8H10O5S. The molecule has 0 spiro atoms. The van der Waals surface area contributed by atoms with E-state index in [9.17, 15) is 4.21 Å². The molecule has 1 atom stereocenters. The second-order valence-electron chi connectivity index (χ2n) is 2.76. The Morgan fingerprint density at radius 3 is 2.07 bits per heavy atom. The molecule has 0 saturated heterocycles. The zero-order chi connectivity index (χ0) is 10.7. The van der Waals surface area contributed by atoms with Crippen molar-refractivity contribution in [1.29, 1.82) is 0 Å². The van der Waals surface area contributed by atoms with Gasteiger partial charge in [0.1, 0.15) is 0 Å². The molecule has 0 bridgehead atoms. The van der Waals surface area contributed by atoms with Crippen LogP contribution in [0.2, 0.25) is 0 Å². The molecule has 0 aromatic heterocycles. The number of rotatable bonds is 3. The van der Waals surface area contributed by atoms with E-state index in [-0.39, 0.29) is 12.2 Å². The van der Waals surface area contributed by atoms with Crippen LogP contribution in [-0.2, 0) is 17.5 Å². The molecule has 1 rings (SSSR count). The van der Waals surface area contributed by atoms with Gasteiger partial charge in [0.2, 0.25) is 0 Å². The number of aryl methyl sites for hydroxylation is 1. The van der Waals surface area contributed by atoms with Gasteiger partial charge in [-0.25, -0.2) is 4.21 Å². The standard InChI is InChI=1S/C8H10O5S/c9-6-3-5(1-2-14(12)13)4-7(10)8(6)11/h3-4,9-11H,1-2H2,(H,12,13). The van der Waals surface area contributed by atoms with Gasteiger partial charge in [-0.15, -0.1) is 0 Å². The number of hydrogen-bond acceptors (Lipinski definition) is 4. The van der Waals surface area contributed by atoms with Crippen LogP contribution < -0.4 is 0 Å². The Labute approximate surface area is 82.9 Å². The van der Waals surface area contributed by atoms with Crippen molar-refractivity contribution in [2.75, 3.05) is 5.75 Å². The van der Waals surface area contributed by atoms with Crippen molar-refractivity contribution < 1.29 is 24.1 Å². The summed E-state index contributed by atoms with van der Waals surface area (Å²) in [6, 6.07) is 2.48. The molecule has 0 aliphatic carbocycles. The largest absolute Gasteiger partial charge is 0.504 e. The second-order valence-corrected chi connectivity index (χ2v) is 3.81. The SMILES string of the molecule is O=S(O)CCc1cc(O)c(O)c(O)c1. The molecule has 0 aliphatic rings. The van der Waals surface area contributed by atoms with Gasteiger partial charge in [-0.2, -0.15) is 0 Å². The van der Waals surface area contributed by atoms with Gasteiger partial charge in [-0.3, -0.25) is 0 Å². The van der Waals surface area contributed by atoms with Crippen molar-refractivity contribution in [3.8, 4) is 17.2 Å². The number of benzene rings is 1. The molecule has 14 heavy (non-hydrogen) atoms. The Morgan fingerprint density at radius 1 is 1.14 bits per heavy atom. The fourth-order valence-corrected chi connectivity index (χ4v) is 1.42. The highest BCUT2D eigenvalue weighted by Gasteiger charge is 2.08. The van der Waals surface area contributed by atoms with Crippen molar-refractivity contribution in [2.24, 2.45) is 0 Å². The molecule has 1 unspecified atom stereocenters. The molecule has 0 aliphatic heterocycles. The summed E-state index contributed by atoms with van der Waals surface area (Å²) in [6.45, 7) is 0. The van der Waals surface area contributed by atoms with Crippen molar-refractivity contribution in [3.63, 3.8) is 0 Å². The Hall–Kier alpha value is -1.27. The van der Waals surface area contributed by atoms with Crippen LogP contribution in [0.5, 0.6) is 17.2 Å². The number of hydrogen-bond donors (Lipinski definition) is 4. The third-order valence-corrected chi connectivity index (χ3v) is 2.25. The predicted molar refractivity (Wildman–Crippen MR) is 50.8 cm³/mol. The molecule has 0 fully saturated rings. The molecule has 0 saturated carbocycles. The summed E-state index contributed by atoms with van der Waals surface area (Å²) in [4.78, 5) is 0. The van der Waals surface area contributed by atoms with Gasteiger partial charge < -0.3 is 19.9 Å². The van der Waals surface area contributed by atoms with Crippen LogP contribution in [-0.4, -0.2) is 29.8 Å². The zero-order valence-electron chi connectivity index (χ0n) is 7.17. The summed E-state index contributed by atoms with van der Waals surface area (Å²) in [5.41, 5.74) is 0.486. The van der Waals surface area contributed by atoms with Gasteiger partial charge in [0.15, 0.2) is 28.3 Å². The number of aromatic hydroxyl groups is 3. The maximum Gasteiger partial charge on any atom is 0.200 e. The highest BCUT2D eigenvalue weighted by Crippen LogP contribution is 2.35. The smallest absolute Gasteiger partial charge is 0.200 e. The van der Waals surface area contributed by atoms with Gasteiger partial charge in [0.05, 0.1) is 5.75 Å². The quantitative estimate of drug-likeness (QED) is 0.439. The van der Waals surface area contributed by atoms with Gasteiger partial charge in [0.25, 0.3) is 0 Å². The molecule has 0 amide bonds. The van der Waals surface area contributed by atoms with Gasteiger partial charge in [-0.05, 0) is 24.1 Å². The van der Waals surface area contributed by atoms with Crippen molar-refractivity contribution in [2.45, 2.75) is 6.42 Å². The van der Waals surface area contributed by atoms with Crippen LogP contribution in [0, 0.1) is 0 Å². The minimum Gasteiger partial charge on any atom is -0.504 e. The Balaban J connectivity index is 2.84. The summed E-state index contributed by atoms with van der Waals surface area (Å²) < 4.78 is 18.9. The summed E-state index contributed by atoms with van der Waals surface area (Å²) in [7, 11) is 0. The minimum absolute atomic E-state index is 0.0175. The van der Waals surface area contributed by atoms with Crippen LogP contribution in [0.3, 0.4) is 0 Å². The zero-order valence-corrected chi connectivity index (χ0v) is 7.99. The van der Waals surface area contributed by atoms with E-state index in [4.69, 9.17) is 19.9 Å². The molecular weight excluding hydrogens is 208 g/mol. The lowest BCUT2D eigenvalue weighted by Crippen LogP contribution is -1.98. The highest BCUT2D eigenvalue weighted by molar-refractivity contribution is 7.79. The average molecular weight is 218 g/mol. The van der Waals surface area contributed by atoms with E-state index in [1.54, 1.807) is 0 Å². The highest BCUT2D eigenvalue weighted by atomic mass is 32.2. The average Bonchev–Trinajstić information content (AvgIpc) is 2.10. The molecule has 1 aromatic carbocycles. The molecule has 78 valence electrons. The lowest BCUT2D eigenvalue weighted by Gasteiger charge is -2.04. The number of phenols is 3. The van der Waals surface area contributed by atoms with Crippen LogP contribution in [0.15, 0.2) is 12.1 Å². The lowest BCUT2D eigenvalue weighted by molar-refractivity contribution is 0.367. The Kier molecular flexibility index (Phi) is 3.32. The topological polar surface area (TPSA) is 98.0 Å². The maximum absolute atomic E-state index is 10.3. The number of phenolic OH excluding ortho intramolecular Hbond substituents is 3.